The number of hydrogen-bond donors (Lipinski definition) is 0. The normalized spacial score (nSPS) is 21.1. The molecule has 1 aliphatic heterocycles. The van der Waals surface area contributed by atoms with Gasteiger partial charge < -0.3 is 9.64 Å². The van der Waals surface area contributed by atoms with Crippen LogP contribution in [0.1, 0.15) is 23.8 Å². The monoisotopic (exact) mass is 240 g/mol. The Morgan fingerprint density at radius 3 is 3.31 bits per heavy atom. The number of likely N-dealkylation sites (tertiary alicyclic amines) is 1. The van der Waals surface area contributed by atoms with Gasteiger partial charge in [-0.1, -0.05) is 0 Å². The number of thiazole rings is 1. The van der Waals surface area contributed by atoms with Crippen LogP contribution in [0.3, 0.4) is 0 Å². The van der Waals surface area contributed by atoms with Crippen LogP contribution >= 0.6 is 11.3 Å². The highest BCUT2D eigenvalue weighted by Gasteiger charge is 2.25. The molecule has 0 bridgehead atoms. The van der Waals surface area contributed by atoms with Crippen molar-refractivity contribution in [1.29, 1.82) is 0 Å². The third-order valence-electron chi connectivity index (χ3n) is 2.84. The smallest absolute Gasteiger partial charge is 0.248 e. The molecule has 1 aromatic heterocycles. The van der Waals surface area contributed by atoms with Crippen LogP contribution in [-0.4, -0.2) is 42.6 Å². The van der Waals surface area contributed by atoms with Crippen molar-refractivity contribution in [2.75, 3.05) is 26.8 Å². The van der Waals surface area contributed by atoms with Crippen LogP contribution in [0.15, 0.2) is 11.6 Å². The van der Waals surface area contributed by atoms with Crippen molar-refractivity contribution in [3.05, 3.63) is 16.6 Å². The molecule has 1 amide bonds. The summed E-state index contributed by atoms with van der Waals surface area (Å²) in [6.45, 7) is 1.82. The summed E-state index contributed by atoms with van der Waals surface area (Å²) in [4.78, 5) is 17.9. The number of rotatable bonds is 3. The van der Waals surface area contributed by atoms with Gasteiger partial charge in [0.25, 0.3) is 0 Å². The molecule has 0 saturated carbocycles. The minimum atomic E-state index is 0.0868. The molecule has 16 heavy (non-hydrogen) atoms. The van der Waals surface area contributed by atoms with Crippen molar-refractivity contribution < 1.29 is 9.53 Å². The second-order valence-electron chi connectivity index (χ2n) is 3.98. The first kappa shape index (κ1) is 11.5. The summed E-state index contributed by atoms with van der Waals surface area (Å²) in [6, 6.07) is 0. The van der Waals surface area contributed by atoms with E-state index in [4.69, 9.17) is 4.74 Å². The van der Waals surface area contributed by atoms with E-state index in [0.29, 0.717) is 5.92 Å². The Morgan fingerprint density at radius 2 is 2.62 bits per heavy atom. The molecule has 1 aliphatic rings. The van der Waals surface area contributed by atoms with Crippen molar-refractivity contribution in [2.24, 2.45) is 0 Å². The van der Waals surface area contributed by atoms with Crippen LogP contribution in [-0.2, 0) is 9.53 Å². The van der Waals surface area contributed by atoms with Gasteiger partial charge in [0.2, 0.25) is 5.91 Å². The van der Waals surface area contributed by atoms with E-state index in [1.54, 1.807) is 18.4 Å². The molecule has 2 rings (SSSR count). The molecule has 0 unspecified atom stereocenters. The maximum atomic E-state index is 11.7. The summed E-state index contributed by atoms with van der Waals surface area (Å²) in [5.41, 5.74) is 0. The minimum Gasteiger partial charge on any atom is -0.375 e. The molecule has 0 aliphatic carbocycles. The third-order valence-corrected chi connectivity index (χ3v) is 3.78. The Hall–Kier alpha value is -0.940. The van der Waals surface area contributed by atoms with Crippen LogP contribution in [0.5, 0.6) is 0 Å². The second kappa shape index (κ2) is 5.41. The number of aromatic nitrogens is 1. The summed E-state index contributed by atoms with van der Waals surface area (Å²) >= 11 is 1.68. The van der Waals surface area contributed by atoms with Gasteiger partial charge in [-0.2, -0.15) is 0 Å². The molecule has 1 saturated heterocycles. The fourth-order valence-electron chi connectivity index (χ4n) is 2.06. The maximum Gasteiger partial charge on any atom is 0.248 e. The Kier molecular flexibility index (Phi) is 3.90. The number of methoxy groups -OCH3 is 1. The molecular formula is C11H16N2O2S. The Balaban J connectivity index is 1.96. The van der Waals surface area contributed by atoms with E-state index in [1.165, 1.54) is 0 Å². The summed E-state index contributed by atoms with van der Waals surface area (Å²) in [5, 5.41) is 3.14. The van der Waals surface area contributed by atoms with Crippen molar-refractivity contribution in [1.82, 2.24) is 9.88 Å². The van der Waals surface area contributed by atoms with Gasteiger partial charge >= 0.3 is 0 Å². The van der Waals surface area contributed by atoms with Crippen molar-refractivity contribution in [3.63, 3.8) is 0 Å². The van der Waals surface area contributed by atoms with E-state index >= 15 is 0 Å². The molecule has 2 heterocycles. The standard InChI is InChI=1S/C11H16N2O2S/c1-15-8-10(14)13-5-2-3-9(7-13)11-12-4-6-16-11/h4,6,9H,2-3,5,7-8H2,1H3/t9-/m1/s1. The molecule has 0 N–H and O–H groups in total. The highest BCUT2D eigenvalue weighted by molar-refractivity contribution is 7.09. The molecule has 1 fully saturated rings. The summed E-state index contributed by atoms with van der Waals surface area (Å²) in [6.07, 6.45) is 4.01. The van der Waals surface area contributed by atoms with Crippen LogP contribution in [0.2, 0.25) is 0 Å². The van der Waals surface area contributed by atoms with Crippen LogP contribution in [0.25, 0.3) is 0 Å². The topological polar surface area (TPSA) is 42.4 Å². The van der Waals surface area contributed by atoms with Gasteiger partial charge in [0, 0.05) is 37.7 Å². The number of nitrogens with zero attached hydrogens (tertiary/aromatic N) is 2. The average molecular weight is 240 g/mol. The van der Waals surface area contributed by atoms with Crippen molar-refractivity contribution in [3.8, 4) is 0 Å². The summed E-state index contributed by atoms with van der Waals surface area (Å²) < 4.78 is 4.88. The van der Waals surface area contributed by atoms with Gasteiger partial charge in [-0.3, -0.25) is 4.79 Å². The first-order valence-corrected chi connectivity index (χ1v) is 6.35. The quantitative estimate of drug-likeness (QED) is 0.804. The van der Waals surface area contributed by atoms with E-state index in [0.717, 1.165) is 30.9 Å². The Labute approximate surface area is 99.2 Å². The molecule has 1 aromatic rings. The lowest BCUT2D eigenvalue weighted by Gasteiger charge is -2.31. The van der Waals surface area contributed by atoms with E-state index in [2.05, 4.69) is 4.98 Å². The fraction of sp³-hybridized carbons (Fsp3) is 0.636. The zero-order valence-electron chi connectivity index (χ0n) is 9.39. The molecule has 0 radical (unpaired) electrons. The predicted octanol–water partition coefficient (Wildman–Crippen LogP) is 1.50. The zero-order chi connectivity index (χ0) is 11.4. The molecule has 88 valence electrons. The number of ether oxygens (including phenoxy) is 1. The fourth-order valence-corrected chi connectivity index (χ4v) is 2.82. The van der Waals surface area contributed by atoms with Crippen LogP contribution < -0.4 is 0 Å². The van der Waals surface area contributed by atoms with Gasteiger partial charge in [0.05, 0.1) is 5.01 Å². The number of piperidine rings is 1. The number of hydrogen-bond acceptors (Lipinski definition) is 4. The van der Waals surface area contributed by atoms with Gasteiger partial charge in [-0.25, -0.2) is 4.98 Å². The molecule has 5 heteroatoms. The number of carbonyl (C=O) groups is 1. The summed E-state index contributed by atoms with van der Waals surface area (Å²) in [5.74, 6) is 0.498. The largest absolute Gasteiger partial charge is 0.375 e. The van der Waals surface area contributed by atoms with Gasteiger partial charge in [0.1, 0.15) is 6.61 Å². The van der Waals surface area contributed by atoms with E-state index in [-0.39, 0.29) is 12.5 Å². The van der Waals surface area contributed by atoms with Crippen molar-refractivity contribution >= 4 is 17.2 Å². The molecule has 4 nitrogen and oxygen atoms in total. The molecule has 1 atom stereocenters. The van der Waals surface area contributed by atoms with Gasteiger partial charge in [-0.05, 0) is 12.8 Å². The van der Waals surface area contributed by atoms with E-state index in [9.17, 15) is 4.79 Å². The number of carbonyl (C=O) groups excluding carboxylic acids is 1. The highest BCUT2D eigenvalue weighted by atomic mass is 32.1. The Bertz CT molecular complexity index is 340. The second-order valence-corrected chi connectivity index (χ2v) is 4.91. The van der Waals surface area contributed by atoms with Gasteiger partial charge in [-0.15, -0.1) is 11.3 Å². The van der Waals surface area contributed by atoms with E-state index < -0.39 is 0 Å². The lowest BCUT2D eigenvalue weighted by Crippen LogP contribution is -2.40. The minimum absolute atomic E-state index is 0.0868. The summed E-state index contributed by atoms with van der Waals surface area (Å²) in [7, 11) is 1.56. The average Bonchev–Trinajstić information content (AvgIpc) is 2.83. The predicted molar refractivity (Wildman–Crippen MR) is 62.5 cm³/mol. The van der Waals surface area contributed by atoms with E-state index in [1.807, 2.05) is 16.5 Å². The first-order valence-electron chi connectivity index (χ1n) is 5.47. The number of amides is 1. The highest BCUT2D eigenvalue weighted by Crippen LogP contribution is 2.28. The van der Waals surface area contributed by atoms with Crippen LogP contribution in [0, 0.1) is 0 Å². The molecule has 0 spiro atoms. The SMILES string of the molecule is COCC(=O)N1CCC[C@@H](c2nccs2)C1. The van der Waals surface area contributed by atoms with Crippen LogP contribution in [0.4, 0.5) is 0 Å². The third kappa shape index (κ3) is 2.59. The lowest BCUT2D eigenvalue weighted by atomic mass is 9.99. The molecular weight excluding hydrogens is 224 g/mol. The maximum absolute atomic E-state index is 11.7. The molecule has 0 aromatic carbocycles. The zero-order valence-corrected chi connectivity index (χ0v) is 10.2. The first-order chi connectivity index (χ1) is 7.81. The van der Waals surface area contributed by atoms with Crippen molar-refractivity contribution in [2.45, 2.75) is 18.8 Å². The van der Waals surface area contributed by atoms with Gasteiger partial charge in [0.15, 0.2) is 0 Å². The lowest BCUT2D eigenvalue weighted by molar-refractivity contribution is -0.136. The Morgan fingerprint density at radius 1 is 1.75 bits per heavy atom.